The quantitative estimate of drug-likeness (QED) is 0.0633. The molecule has 1 saturated heterocycles. The molecule has 282 valence electrons. The molecule has 50 heavy (non-hydrogen) atoms. The van der Waals surface area contributed by atoms with E-state index in [0.29, 0.717) is 15.2 Å². The van der Waals surface area contributed by atoms with Crippen LogP contribution in [0.2, 0.25) is 0 Å². The number of rotatable bonds is 13. The number of aliphatic hydroxyl groups is 1. The molecule has 0 bridgehead atoms. The third-order valence-electron chi connectivity index (χ3n) is 7.28. The van der Waals surface area contributed by atoms with Gasteiger partial charge in [0.25, 0.3) is 0 Å². The summed E-state index contributed by atoms with van der Waals surface area (Å²) in [6.45, 7) is 0.217. The van der Waals surface area contributed by atoms with Crippen molar-refractivity contribution < 1.29 is 63.9 Å². The summed E-state index contributed by atoms with van der Waals surface area (Å²) in [6, 6.07) is -5.79. The number of carbonyl (C=O) groups is 9. The van der Waals surface area contributed by atoms with Crippen LogP contribution in [-0.4, -0.2) is 153 Å². The first-order valence-electron chi connectivity index (χ1n) is 15.7. The average molecular weight is 718 g/mol. The van der Waals surface area contributed by atoms with E-state index in [9.17, 15) is 63.9 Å². The maximum atomic E-state index is 13.6. The van der Waals surface area contributed by atoms with Crippen molar-refractivity contribution >= 4 is 53.2 Å². The van der Waals surface area contributed by atoms with E-state index in [4.69, 9.17) is 0 Å². The van der Waals surface area contributed by atoms with Crippen LogP contribution in [0.4, 0.5) is 0 Å². The molecule has 9 amide bonds. The summed E-state index contributed by atoms with van der Waals surface area (Å²) in [5.74, 6) is -7.64. The summed E-state index contributed by atoms with van der Waals surface area (Å²) in [6.07, 6.45) is -0.685. The van der Waals surface area contributed by atoms with Gasteiger partial charge in [-0.15, -0.1) is 0 Å². The molecule has 22 heteroatoms. The maximum absolute atomic E-state index is 13.6. The summed E-state index contributed by atoms with van der Waals surface area (Å²) in [4.78, 5) is 112. The van der Waals surface area contributed by atoms with Gasteiger partial charge in [0, 0.05) is 40.4 Å². The second-order valence-corrected chi connectivity index (χ2v) is 11.3. The minimum absolute atomic E-state index is 0.0290. The van der Waals surface area contributed by atoms with Gasteiger partial charge in [-0.2, -0.15) is 0 Å². The lowest BCUT2D eigenvalue weighted by Crippen LogP contribution is -2.59. The van der Waals surface area contributed by atoms with Crippen LogP contribution in [0, 0.1) is 0 Å². The Balaban J connectivity index is 3.45. The van der Waals surface area contributed by atoms with Crippen molar-refractivity contribution in [3.63, 3.8) is 0 Å². The molecular formula is C28H47N9O13. The van der Waals surface area contributed by atoms with Crippen LogP contribution in [0.3, 0.4) is 0 Å². The van der Waals surface area contributed by atoms with Gasteiger partial charge in [0.2, 0.25) is 53.2 Å². The van der Waals surface area contributed by atoms with Crippen LogP contribution in [-0.2, 0) is 43.2 Å². The summed E-state index contributed by atoms with van der Waals surface area (Å²) in [5, 5.41) is 53.9. The molecular weight excluding hydrogens is 670 g/mol. The third-order valence-corrected chi connectivity index (χ3v) is 7.28. The number of nitrogens with zero attached hydrogens (tertiary/aromatic N) is 3. The Morgan fingerprint density at radius 2 is 0.840 bits per heavy atom. The lowest BCUT2D eigenvalue weighted by atomic mass is 10.1. The fourth-order valence-electron chi connectivity index (χ4n) is 4.42. The zero-order valence-corrected chi connectivity index (χ0v) is 28.1. The Bertz CT molecular complexity index is 1230. The monoisotopic (exact) mass is 717 g/mol. The van der Waals surface area contributed by atoms with Crippen molar-refractivity contribution in [1.82, 2.24) is 47.1 Å². The Morgan fingerprint density at radius 1 is 0.540 bits per heavy atom. The van der Waals surface area contributed by atoms with E-state index in [1.165, 1.54) is 0 Å². The molecule has 0 spiro atoms. The van der Waals surface area contributed by atoms with Gasteiger partial charge in [-0.3, -0.25) is 58.8 Å². The van der Waals surface area contributed by atoms with E-state index in [0.717, 1.165) is 20.8 Å². The third kappa shape index (κ3) is 16.0. The summed E-state index contributed by atoms with van der Waals surface area (Å²) >= 11 is 0. The Labute approximate surface area is 287 Å². The summed E-state index contributed by atoms with van der Waals surface area (Å²) in [5.41, 5.74) is 0. The van der Waals surface area contributed by atoms with Gasteiger partial charge in [0.15, 0.2) is 0 Å². The van der Waals surface area contributed by atoms with E-state index >= 15 is 0 Å². The van der Waals surface area contributed by atoms with Crippen LogP contribution in [0.25, 0.3) is 0 Å². The topological polar surface area (TPSA) is 316 Å². The minimum Gasteiger partial charge on any atom is -0.394 e. The molecule has 22 nitrogen and oxygen atoms in total. The summed E-state index contributed by atoms with van der Waals surface area (Å²) in [7, 11) is 0. The number of hydrogen-bond donors (Lipinski definition) is 10. The highest BCUT2D eigenvalue weighted by Crippen LogP contribution is 2.07. The lowest BCUT2D eigenvalue weighted by Gasteiger charge is -2.26. The fourth-order valence-corrected chi connectivity index (χ4v) is 4.42. The standard InChI is InChI=1S/C28H47N9O13/c1-16(39)35(48)10-4-7-19-25(44)29-14-24(43)32-22(15-38)26(45)30-13-23(42)31-20(8-5-11-36(49)17(2)40)27(46)34-21(28(47)33-19)9-6-12-37(50)18(3)41/h19-22,38,48-50H,4-15H2,1-3H3,(H,29,44)(H,30,45)(H,31,42)(H,32,43)(H,33,47)(H,34,46)/t19-,20-,21-,22-/m1/s1. The molecule has 10 N–H and O–H groups in total. The number of hydroxylamine groups is 6. The van der Waals surface area contributed by atoms with E-state index < -0.39 is 97.0 Å². The number of carbonyl (C=O) groups excluding carboxylic acids is 9. The van der Waals surface area contributed by atoms with Crippen molar-refractivity contribution in [2.24, 2.45) is 0 Å². The maximum Gasteiger partial charge on any atom is 0.245 e. The predicted molar refractivity (Wildman–Crippen MR) is 166 cm³/mol. The second-order valence-electron chi connectivity index (χ2n) is 11.3. The summed E-state index contributed by atoms with van der Waals surface area (Å²) < 4.78 is 0. The zero-order valence-electron chi connectivity index (χ0n) is 28.1. The molecule has 0 aromatic carbocycles. The smallest absolute Gasteiger partial charge is 0.245 e. The van der Waals surface area contributed by atoms with Crippen LogP contribution >= 0.6 is 0 Å². The molecule has 4 atom stereocenters. The number of nitrogens with one attached hydrogen (secondary N) is 6. The zero-order chi connectivity index (χ0) is 38.0. The lowest BCUT2D eigenvalue weighted by molar-refractivity contribution is -0.163. The van der Waals surface area contributed by atoms with Gasteiger partial charge < -0.3 is 37.0 Å². The molecule has 1 aliphatic heterocycles. The Kier molecular flexibility index (Phi) is 18.9. The molecule has 0 radical (unpaired) electrons. The molecule has 0 saturated carbocycles. The van der Waals surface area contributed by atoms with Crippen LogP contribution < -0.4 is 31.9 Å². The highest BCUT2D eigenvalue weighted by atomic mass is 16.5. The molecule has 1 rings (SSSR count). The molecule has 1 fully saturated rings. The van der Waals surface area contributed by atoms with Gasteiger partial charge in [-0.1, -0.05) is 0 Å². The normalized spacial score (nSPS) is 21.2. The first-order chi connectivity index (χ1) is 23.5. The minimum atomic E-state index is -1.54. The van der Waals surface area contributed by atoms with Crippen molar-refractivity contribution in [1.29, 1.82) is 0 Å². The van der Waals surface area contributed by atoms with Crippen molar-refractivity contribution in [2.45, 2.75) is 83.5 Å². The van der Waals surface area contributed by atoms with Gasteiger partial charge in [-0.05, 0) is 38.5 Å². The van der Waals surface area contributed by atoms with Gasteiger partial charge in [0.1, 0.15) is 24.2 Å². The Hall–Kier alpha value is -4.93. The van der Waals surface area contributed by atoms with Crippen LogP contribution in [0.1, 0.15) is 59.3 Å². The first kappa shape index (κ1) is 43.1. The van der Waals surface area contributed by atoms with Crippen LogP contribution in [0.15, 0.2) is 0 Å². The van der Waals surface area contributed by atoms with E-state index in [1.54, 1.807) is 0 Å². The predicted octanol–water partition coefficient (Wildman–Crippen LogP) is -4.78. The van der Waals surface area contributed by atoms with Gasteiger partial charge >= 0.3 is 0 Å². The van der Waals surface area contributed by atoms with Crippen LogP contribution in [0.5, 0.6) is 0 Å². The highest BCUT2D eigenvalue weighted by molar-refractivity contribution is 5.96. The molecule has 1 heterocycles. The molecule has 0 aliphatic carbocycles. The van der Waals surface area contributed by atoms with E-state index in [2.05, 4.69) is 31.9 Å². The van der Waals surface area contributed by atoms with E-state index in [1.807, 2.05) is 0 Å². The number of aliphatic hydroxyl groups excluding tert-OH is 1. The fraction of sp³-hybridized carbons (Fsp3) is 0.679. The van der Waals surface area contributed by atoms with Crippen molar-refractivity contribution in [2.75, 3.05) is 39.3 Å². The highest BCUT2D eigenvalue weighted by Gasteiger charge is 2.31. The van der Waals surface area contributed by atoms with Gasteiger partial charge in [-0.25, -0.2) is 15.2 Å². The molecule has 0 aromatic rings. The van der Waals surface area contributed by atoms with E-state index in [-0.39, 0.29) is 58.2 Å². The molecule has 0 unspecified atom stereocenters. The molecule has 0 aromatic heterocycles. The first-order valence-corrected chi connectivity index (χ1v) is 15.7. The number of amides is 9. The molecule has 1 aliphatic rings. The largest absolute Gasteiger partial charge is 0.394 e. The average Bonchev–Trinajstić information content (AvgIpc) is 3.05. The second kappa shape index (κ2) is 21.9. The van der Waals surface area contributed by atoms with Crippen molar-refractivity contribution in [3.05, 3.63) is 0 Å². The Morgan fingerprint density at radius 3 is 1.18 bits per heavy atom. The number of hydrogen-bond acceptors (Lipinski definition) is 13. The SMILES string of the molecule is CC(=O)N(O)CCC[C@H]1NC(=O)CNC(=O)[C@@H](CO)NC(=O)CNC(=O)[C@@H](CCCN(O)C(C)=O)NC(=O)[C@@H](CCCN(O)C(C)=O)NC1=O. The van der Waals surface area contributed by atoms with Crippen molar-refractivity contribution in [3.8, 4) is 0 Å². The van der Waals surface area contributed by atoms with Gasteiger partial charge in [0.05, 0.1) is 19.7 Å².